The van der Waals surface area contributed by atoms with Crippen molar-refractivity contribution in [3.05, 3.63) is 59.9 Å². The molecule has 0 saturated heterocycles. The lowest BCUT2D eigenvalue weighted by atomic mass is 10.1. The zero-order valence-electron chi connectivity index (χ0n) is 13.7. The van der Waals surface area contributed by atoms with Crippen molar-refractivity contribution in [3.8, 4) is 23.8 Å². The second kappa shape index (κ2) is 6.84. The maximum Gasteiger partial charge on any atom is 0.258 e. The molecule has 0 aliphatic carbocycles. The van der Waals surface area contributed by atoms with Gasteiger partial charge in [0.2, 0.25) is 0 Å². The molecule has 25 heavy (non-hydrogen) atoms. The van der Waals surface area contributed by atoms with E-state index in [4.69, 9.17) is 11.2 Å². The van der Waals surface area contributed by atoms with Crippen LogP contribution in [0.1, 0.15) is 15.9 Å². The molecule has 1 heterocycles. The van der Waals surface area contributed by atoms with Gasteiger partial charge in [-0.15, -0.1) is 11.5 Å². The van der Waals surface area contributed by atoms with E-state index >= 15 is 0 Å². The van der Waals surface area contributed by atoms with Crippen molar-refractivity contribution >= 4 is 11.6 Å². The molecule has 3 rings (SSSR count). The first-order valence-corrected chi connectivity index (χ1v) is 7.40. The first-order valence-electron chi connectivity index (χ1n) is 7.40. The van der Waals surface area contributed by atoms with E-state index in [1.165, 1.54) is 15.9 Å². The number of hydrogen-bond donors (Lipinski definition) is 0. The first-order chi connectivity index (χ1) is 12.1. The van der Waals surface area contributed by atoms with Crippen LogP contribution < -0.4 is 9.64 Å². The van der Waals surface area contributed by atoms with Gasteiger partial charge in [-0.25, -0.2) is 0 Å². The van der Waals surface area contributed by atoms with Gasteiger partial charge < -0.3 is 9.64 Å². The highest BCUT2D eigenvalue weighted by atomic mass is 16.5. The molecule has 0 unspecified atom stereocenters. The Bertz CT molecular complexity index is 944. The number of nitrogens with zero attached hydrogens (tertiary/aromatic N) is 5. The molecule has 1 amide bonds. The van der Waals surface area contributed by atoms with Crippen LogP contribution in [0.15, 0.2) is 48.8 Å². The number of benzene rings is 2. The fourth-order valence-electron chi connectivity index (χ4n) is 2.39. The van der Waals surface area contributed by atoms with Crippen LogP contribution in [0.5, 0.6) is 5.75 Å². The van der Waals surface area contributed by atoms with Crippen LogP contribution in [0.25, 0.3) is 5.69 Å². The average Bonchev–Trinajstić information content (AvgIpc) is 3.21. The van der Waals surface area contributed by atoms with Crippen molar-refractivity contribution in [2.75, 3.05) is 19.1 Å². The van der Waals surface area contributed by atoms with Crippen LogP contribution in [0.3, 0.4) is 0 Å². The molecule has 1 aromatic heterocycles. The fourth-order valence-corrected chi connectivity index (χ4v) is 2.39. The Morgan fingerprint density at radius 1 is 1.28 bits per heavy atom. The van der Waals surface area contributed by atoms with Crippen LogP contribution in [0.2, 0.25) is 0 Å². The molecule has 0 fully saturated rings. The number of carbonyl (C=O) groups excluding carboxylic acids is 1. The third kappa shape index (κ3) is 3.19. The largest absolute Gasteiger partial charge is 0.494 e. The summed E-state index contributed by atoms with van der Waals surface area (Å²) in [5, 5.41) is 11.1. The molecule has 124 valence electrons. The smallest absolute Gasteiger partial charge is 0.258 e. The average molecular weight is 333 g/mol. The first kappa shape index (κ1) is 16.2. The lowest BCUT2D eigenvalue weighted by Crippen LogP contribution is -2.26. The predicted molar refractivity (Wildman–Crippen MR) is 92.8 cm³/mol. The maximum atomic E-state index is 12.8. The van der Waals surface area contributed by atoms with E-state index in [0.717, 1.165) is 0 Å². The Balaban J connectivity index is 1.97. The standard InChI is InChI=1S/C18H15N5O2/c1-4-13-6-5-7-15(10-13)22(2)18(24)14-8-9-17(25-3)16(11-14)23-12-19-20-21-23/h1,5-12H,2-3H3. The molecule has 7 heteroatoms. The van der Waals surface area contributed by atoms with Crippen LogP contribution in [0, 0.1) is 12.3 Å². The molecular formula is C18H15N5O2. The van der Waals surface area contributed by atoms with Crippen molar-refractivity contribution in [3.63, 3.8) is 0 Å². The van der Waals surface area contributed by atoms with E-state index in [9.17, 15) is 4.79 Å². The minimum atomic E-state index is -0.189. The normalized spacial score (nSPS) is 10.1. The fraction of sp³-hybridized carbons (Fsp3) is 0.111. The number of rotatable bonds is 4. The summed E-state index contributed by atoms with van der Waals surface area (Å²) in [7, 11) is 3.24. The molecule has 0 bridgehead atoms. The Morgan fingerprint density at radius 3 is 2.80 bits per heavy atom. The molecule has 0 atom stereocenters. The zero-order valence-corrected chi connectivity index (χ0v) is 13.7. The minimum Gasteiger partial charge on any atom is -0.494 e. The Kier molecular flexibility index (Phi) is 4.44. The zero-order chi connectivity index (χ0) is 17.8. The topological polar surface area (TPSA) is 73.1 Å². The number of carbonyl (C=O) groups is 1. The minimum absolute atomic E-state index is 0.189. The van der Waals surface area contributed by atoms with E-state index in [-0.39, 0.29) is 5.91 Å². The van der Waals surface area contributed by atoms with Crippen molar-refractivity contribution in [1.82, 2.24) is 20.2 Å². The van der Waals surface area contributed by atoms with Gasteiger partial charge in [0.05, 0.1) is 7.11 Å². The molecule has 0 spiro atoms. The van der Waals surface area contributed by atoms with E-state index in [2.05, 4.69) is 21.4 Å². The number of ether oxygens (including phenoxy) is 1. The summed E-state index contributed by atoms with van der Waals surface area (Å²) in [5.74, 6) is 2.93. The van der Waals surface area contributed by atoms with Crippen molar-refractivity contribution < 1.29 is 9.53 Å². The number of tetrazole rings is 1. The number of aromatic nitrogens is 4. The summed E-state index contributed by atoms with van der Waals surface area (Å²) in [5.41, 5.74) is 2.46. The van der Waals surface area contributed by atoms with Crippen LogP contribution >= 0.6 is 0 Å². The van der Waals surface area contributed by atoms with Crippen LogP contribution in [-0.2, 0) is 0 Å². The van der Waals surface area contributed by atoms with Gasteiger partial charge in [-0.05, 0) is 46.8 Å². The van der Waals surface area contributed by atoms with Gasteiger partial charge in [0, 0.05) is 23.9 Å². The molecule has 0 N–H and O–H groups in total. The number of amides is 1. The second-order valence-corrected chi connectivity index (χ2v) is 5.20. The molecule has 2 aromatic carbocycles. The molecule has 7 nitrogen and oxygen atoms in total. The third-order valence-corrected chi connectivity index (χ3v) is 3.73. The molecule has 0 radical (unpaired) electrons. The van der Waals surface area contributed by atoms with Gasteiger partial charge in [-0.1, -0.05) is 12.0 Å². The summed E-state index contributed by atoms with van der Waals surface area (Å²) < 4.78 is 6.75. The van der Waals surface area contributed by atoms with E-state index in [1.54, 1.807) is 38.4 Å². The second-order valence-electron chi connectivity index (χ2n) is 5.20. The van der Waals surface area contributed by atoms with Gasteiger partial charge in [0.1, 0.15) is 17.8 Å². The van der Waals surface area contributed by atoms with Gasteiger partial charge in [-0.3, -0.25) is 4.79 Å². The molecule has 0 aliphatic rings. The molecule has 3 aromatic rings. The van der Waals surface area contributed by atoms with E-state index in [1.807, 2.05) is 18.2 Å². The lowest BCUT2D eigenvalue weighted by Gasteiger charge is -2.18. The summed E-state index contributed by atoms with van der Waals surface area (Å²) in [6.07, 6.45) is 6.86. The van der Waals surface area contributed by atoms with Gasteiger partial charge in [0.25, 0.3) is 5.91 Å². The van der Waals surface area contributed by atoms with Gasteiger partial charge in [0.15, 0.2) is 0 Å². The quantitative estimate of drug-likeness (QED) is 0.682. The van der Waals surface area contributed by atoms with Crippen LogP contribution in [0.4, 0.5) is 5.69 Å². The predicted octanol–water partition coefficient (Wildman–Crippen LogP) is 1.93. The summed E-state index contributed by atoms with van der Waals surface area (Å²) in [6.45, 7) is 0. The third-order valence-electron chi connectivity index (χ3n) is 3.73. The maximum absolute atomic E-state index is 12.8. The van der Waals surface area contributed by atoms with E-state index in [0.29, 0.717) is 28.3 Å². The van der Waals surface area contributed by atoms with Crippen molar-refractivity contribution in [2.45, 2.75) is 0 Å². The Morgan fingerprint density at radius 2 is 2.12 bits per heavy atom. The highest BCUT2D eigenvalue weighted by molar-refractivity contribution is 6.06. The van der Waals surface area contributed by atoms with Gasteiger partial charge >= 0.3 is 0 Å². The lowest BCUT2D eigenvalue weighted by molar-refractivity contribution is 0.0993. The Hall–Kier alpha value is -3.66. The van der Waals surface area contributed by atoms with E-state index < -0.39 is 0 Å². The van der Waals surface area contributed by atoms with Gasteiger partial charge in [-0.2, -0.15) is 4.68 Å². The number of anilines is 1. The van der Waals surface area contributed by atoms with Crippen LogP contribution in [-0.4, -0.2) is 40.3 Å². The molecule has 0 aliphatic heterocycles. The molecular weight excluding hydrogens is 318 g/mol. The highest BCUT2D eigenvalue weighted by Crippen LogP contribution is 2.25. The summed E-state index contributed by atoms with van der Waals surface area (Å²) >= 11 is 0. The highest BCUT2D eigenvalue weighted by Gasteiger charge is 2.17. The van der Waals surface area contributed by atoms with Crippen molar-refractivity contribution in [1.29, 1.82) is 0 Å². The molecule has 0 saturated carbocycles. The number of terminal acetylenes is 1. The summed E-state index contributed by atoms with van der Waals surface area (Å²) in [6, 6.07) is 12.3. The monoisotopic (exact) mass is 333 g/mol. The number of methoxy groups -OCH3 is 1. The van der Waals surface area contributed by atoms with Crippen molar-refractivity contribution in [2.24, 2.45) is 0 Å². The summed E-state index contributed by atoms with van der Waals surface area (Å²) in [4.78, 5) is 14.4. The Labute approximate surface area is 144 Å². The SMILES string of the molecule is C#Cc1cccc(N(C)C(=O)c2ccc(OC)c(-n3cnnn3)c2)c1. The number of hydrogen-bond acceptors (Lipinski definition) is 5.